The molecular weight excluding hydrogens is 242 g/mol. The van der Waals surface area contributed by atoms with Gasteiger partial charge in [-0.25, -0.2) is 4.98 Å². The van der Waals surface area contributed by atoms with E-state index in [2.05, 4.69) is 4.98 Å². The van der Waals surface area contributed by atoms with Crippen LogP contribution in [0.15, 0.2) is 18.7 Å². The largest absolute Gasteiger partial charge is 0.480 e. The summed E-state index contributed by atoms with van der Waals surface area (Å²) in [5.41, 5.74) is 0. The highest BCUT2D eigenvalue weighted by atomic mass is 35.5. The highest BCUT2D eigenvalue weighted by Crippen LogP contribution is 2.03. The van der Waals surface area contributed by atoms with Gasteiger partial charge in [0, 0.05) is 25.5 Å². The van der Waals surface area contributed by atoms with Crippen LogP contribution in [0.1, 0.15) is 19.8 Å². The molecule has 0 spiro atoms. The van der Waals surface area contributed by atoms with E-state index in [1.165, 1.54) is 0 Å². The van der Waals surface area contributed by atoms with Gasteiger partial charge in [0.25, 0.3) is 0 Å². The summed E-state index contributed by atoms with van der Waals surface area (Å²) in [5, 5.41) is 8.97. The van der Waals surface area contributed by atoms with Crippen molar-refractivity contribution in [3.05, 3.63) is 18.7 Å². The molecule has 0 fully saturated rings. The second-order valence-corrected chi connectivity index (χ2v) is 3.90. The Hall–Kier alpha value is -1.07. The molecule has 98 valence electrons. The molecule has 0 radical (unpaired) electrons. The SMILES string of the molecule is CCC(C(=O)O)N(C)CCCn1ccnc1.Cl. The Labute approximate surface area is 108 Å². The Morgan fingerprint density at radius 3 is 2.76 bits per heavy atom. The standard InChI is InChI=1S/C11H19N3O2.ClH/c1-3-10(11(15)16)13(2)6-4-7-14-8-5-12-9-14;/h5,8-10H,3-4,6-7H2,1-2H3,(H,15,16);1H. The van der Waals surface area contributed by atoms with Gasteiger partial charge in [0.1, 0.15) is 6.04 Å². The molecule has 1 heterocycles. The summed E-state index contributed by atoms with van der Waals surface area (Å²) in [4.78, 5) is 16.7. The second-order valence-electron chi connectivity index (χ2n) is 3.90. The molecule has 6 heteroatoms. The zero-order valence-electron chi connectivity index (χ0n) is 10.2. The van der Waals surface area contributed by atoms with E-state index < -0.39 is 5.97 Å². The summed E-state index contributed by atoms with van der Waals surface area (Å²) >= 11 is 0. The minimum absolute atomic E-state index is 0. The number of aromatic nitrogens is 2. The predicted molar refractivity (Wildman–Crippen MR) is 68.4 cm³/mol. The van der Waals surface area contributed by atoms with Crippen LogP contribution in [0, 0.1) is 0 Å². The van der Waals surface area contributed by atoms with E-state index in [1.807, 2.05) is 29.6 Å². The number of rotatable bonds is 7. The summed E-state index contributed by atoms with van der Waals surface area (Å²) in [5.74, 6) is -0.743. The predicted octanol–water partition coefficient (Wildman–Crippen LogP) is 1.49. The molecule has 5 nitrogen and oxygen atoms in total. The summed E-state index contributed by atoms with van der Waals surface area (Å²) in [6.07, 6.45) is 6.99. The molecule has 0 aliphatic rings. The number of imidazole rings is 1. The number of aliphatic carboxylic acids is 1. The highest BCUT2D eigenvalue weighted by molar-refractivity contribution is 5.85. The molecule has 0 aromatic carbocycles. The number of carboxylic acid groups (broad SMARTS) is 1. The van der Waals surface area contributed by atoms with E-state index >= 15 is 0 Å². The molecule has 0 saturated heterocycles. The number of aryl methyl sites for hydroxylation is 1. The molecule has 0 amide bonds. The van der Waals surface area contributed by atoms with Gasteiger partial charge >= 0.3 is 5.97 Å². The van der Waals surface area contributed by atoms with Crippen molar-refractivity contribution in [3.8, 4) is 0 Å². The zero-order valence-corrected chi connectivity index (χ0v) is 11.1. The Kier molecular flexibility index (Phi) is 7.58. The summed E-state index contributed by atoms with van der Waals surface area (Å²) in [7, 11) is 1.86. The first-order valence-electron chi connectivity index (χ1n) is 5.54. The van der Waals surface area contributed by atoms with Gasteiger partial charge in [-0.3, -0.25) is 9.69 Å². The molecule has 0 bridgehead atoms. The lowest BCUT2D eigenvalue weighted by molar-refractivity contribution is -0.142. The van der Waals surface area contributed by atoms with Crippen LogP contribution in [-0.2, 0) is 11.3 Å². The summed E-state index contributed by atoms with van der Waals surface area (Å²) < 4.78 is 2.00. The van der Waals surface area contributed by atoms with E-state index in [4.69, 9.17) is 5.11 Å². The number of halogens is 1. The lowest BCUT2D eigenvalue weighted by atomic mass is 10.2. The third-order valence-corrected chi connectivity index (χ3v) is 2.69. The maximum atomic E-state index is 10.9. The average Bonchev–Trinajstić information content (AvgIpc) is 2.71. The van der Waals surface area contributed by atoms with Gasteiger partial charge < -0.3 is 9.67 Å². The molecule has 1 aromatic heterocycles. The normalized spacial score (nSPS) is 12.2. The monoisotopic (exact) mass is 261 g/mol. The number of carboxylic acids is 1. The maximum absolute atomic E-state index is 10.9. The van der Waals surface area contributed by atoms with Crippen molar-refractivity contribution >= 4 is 18.4 Å². The van der Waals surface area contributed by atoms with Crippen molar-refractivity contribution in [1.82, 2.24) is 14.5 Å². The number of nitrogens with zero attached hydrogens (tertiary/aromatic N) is 3. The first kappa shape index (κ1) is 15.9. The maximum Gasteiger partial charge on any atom is 0.320 e. The van der Waals surface area contributed by atoms with Crippen LogP contribution < -0.4 is 0 Å². The van der Waals surface area contributed by atoms with Gasteiger partial charge in [-0.05, 0) is 19.9 Å². The number of hydrogen-bond donors (Lipinski definition) is 1. The van der Waals surface area contributed by atoms with E-state index in [0.29, 0.717) is 6.42 Å². The Morgan fingerprint density at radius 1 is 1.59 bits per heavy atom. The van der Waals surface area contributed by atoms with Gasteiger partial charge in [0.2, 0.25) is 0 Å². The molecule has 1 atom stereocenters. The molecule has 1 N–H and O–H groups in total. The number of hydrogen-bond acceptors (Lipinski definition) is 3. The van der Waals surface area contributed by atoms with Gasteiger partial charge in [-0.15, -0.1) is 12.4 Å². The fourth-order valence-electron chi connectivity index (χ4n) is 1.75. The lowest BCUT2D eigenvalue weighted by Crippen LogP contribution is -2.38. The van der Waals surface area contributed by atoms with E-state index in [1.54, 1.807) is 12.5 Å². The van der Waals surface area contributed by atoms with Gasteiger partial charge in [0.05, 0.1) is 6.33 Å². The van der Waals surface area contributed by atoms with E-state index in [0.717, 1.165) is 19.5 Å². The van der Waals surface area contributed by atoms with Crippen molar-refractivity contribution in [3.63, 3.8) is 0 Å². The van der Waals surface area contributed by atoms with Crippen LogP contribution >= 0.6 is 12.4 Å². The van der Waals surface area contributed by atoms with Crippen molar-refractivity contribution in [2.24, 2.45) is 0 Å². The smallest absolute Gasteiger partial charge is 0.320 e. The van der Waals surface area contributed by atoms with Crippen molar-refractivity contribution in [2.45, 2.75) is 32.4 Å². The fourth-order valence-corrected chi connectivity index (χ4v) is 1.75. The Bertz CT molecular complexity index is 317. The van der Waals surface area contributed by atoms with E-state index in [9.17, 15) is 4.79 Å². The van der Waals surface area contributed by atoms with Crippen LogP contribution in [0.2, 0.25) is 0 Å². The summed E-state index contributed by atoms with van der Waals surface area (Å²) in [6, 6.07) is -0.372. The second kappa shape index (κ2) is 8.08. The minimum atomic E-state index is -0.743. The van der Waals surface area contributed by atoms with Gasteiger partial charge in [-0.1, -0.05) is 6.92 Å². The molecule has 1 unspecified atom stereocenters. The number of likely N-dealkylation sites (N-methyl/N-ethyl adjacent to an activating group) is 1. The van der Waals surface area contributed by atoms with Crippen molar-refractivity contribution in [2.75, 3.05) is 13.6 Å². The topological polar surface area (TPSA) is 58.4 Å². The van der Waals surface area contributed by atoms with E-state index in [-0.39, 0.29) is 18.4 Å². The highest BCUT2D eigenvalue weighted by Gasteiger charge is 2.19. The minimum Gasteiger partial charge on any atom is -0.480 e. The molecule has 1 aromatic rings. The summed E-state index contributed by atoms with van der Waals surface area (Å²) in [6.45, 7) is 3.55. The molecule has 0 saturated carbocycles. The molecule has 0 aliphatic heterocycles. The Balaban J connectivity index is 0.00000256. The average molecular weight is 262 g/mol. The first-order valence-corrected chi connectivity index (χ1v) is 5.54. The fraction of sp³-hybridized carbons (Fsp3) is 0.636. The first-order chi connectivity index (χ1) is 7.65. The molecule has 17 heavy (non-hydrogen) atoms. The molecule has 1 rings (SSSR count). The van der Waals surface area contributed by atoms with Crippen molar-refractivity contribution in [1.29, 1.82) is 0 Å². The molecular formula is C11H20ClN3O2. The molecule has 0 aliphatic carbocycles. The number of carbonyl (C=O) groups is 1. The Morgan fingerprint density at radius 2 is 2.29 bits per heavy atom. The lowest BCUT2D eigenvalue weighted by Gasteiger charge is -2.23. The van der Waals surface area contributed by atoms with Gasteiger partial charge in [-0.2, -0.15) is 0 Å². The van der Waals surface area contributed by atoms with Crippen LogP contribution in [0.3, 0.4) is 0 Å². The zero-order chi connectivity index (χ0) is 12.0. The third-order valence-electron chi connectivity index (χ3n) is 2.69. The third kappa shape index (κ3) is 5.19. The quantitative estimate of drug-likeness (QED) is 0.808. The van der Waals surface area contributed by atoms with Crippen LogP contribution in [-0.4, -0.2) is 45.2 Å². The van der Waals surface area contributed by atoms with Gasteiger partial charge in [0.15, 0.2) is 0 Å². The van der Waals surface area contributed by atoms with Crippen LogP contribution in [0.5, 0.6) is 0 Å². The van der Waals surface area contributed by atoms with Crippen LogP contribution in [0.4, 0.5) is 0 Å². The van der Waals surface area contributed by atoms with Crippen LogP contribution in [0.25, 0.3) is 0 Å². The van der Waals surface area contributed by atoms with Crippen molar-refractivity contribution < 1.29 is 9.90 Å².